The highest BCUT2D eigenvalue weighted by Crippen LogP contribution is 2.51. The van der Waals surface area contributed by atoms with Crippen molar-refractivity contribution in [3.8, 4) is 22.6 Å². The Bertz CT molecular complexity index is 1350. The summed E-state index contributed by atoms with van der Waals surface area (Å²) in [5.74, 6) is -3.08. The second-order valence-corrected chi connectivity index (χ2v) is 11.0. The standard InChI is InChI=1S/C32H35F3O4/c1-5-20(14-30(36)37)24-15-21(33)16-29(31(24)35)39-18-19-8-10-23(26-17-22(38-4)9-11-28(26)34)25(13-19)27-7-6-12-32(27,2)3/h8-11,13,15-17,20,27H,5-7,12,14,18H2,1-4H3,(H,36,37)/t20-,27-/m1/s1. The zero-order valence-electron chi connectivity index (χ0n) is 22.8. The first-order valence-electron chi connectivity index (χ1n) is 13.3. The molecule has 1 aliphatic rings. The molecule has 0 aromatic heterocycles. The molecule has 0 unspecified atom stereocenters. The van der Waals surface area contributed by atoms with E-state index in [-0.39, 0.29) is 41.5 Å². The predicted octanol–water partition coefficient (Wildman–Crippen LogP) is 8.62. The van der Waals surface area contributed by atoms with Gasteiger partial charge in [-0.25, -0.2) is 13.2 Å². The molecule has 0 radical (unpaired) electrons. The normalized spacial score (nSPS) is 17.2. The summed E-state index contributed by atoms with van der Waals surface area (Å²) < 4.78 is 55.9. The molecular formula is C32H35F3O4. The number of methoxy groups -OCH3 is 1. The molecule has 0 aliphatic heterocycles. The van der Waals surface area contributed by atoms with E-state index in [0.717, 1.165) is 48.1 Å². The van der Waals surface area contributed by atoms with Crippen molar-refractivity contribution in [2.45, 2.75) is 71.3 Å². The number of carboxylic acids is 1. The van der Waals surface area contributed by atoms with E-state index in [2.05, 4.69) is 13.8 Å². The summed E-state index contributed by atoms with van der Waals surface area (Å²) in [6, 6.07) is 12.3. The number of hydrogen-bond donors (Lipinski definition) is 1. The molecule has 0 saturated heterocycles. The van der Waals surface area contributed by atoms with E-state index in [1.54, 1.807) is 32.2 Å². The minimum Gasteiger partial charge on any atom is -0.497 e. The topological polar surface area (TPSA) is 55.8 Å². The van der Waals surface area contributed by atoms with Crippen LogP contribution in [0.25, 0.3) is 11.1 Å². The zero-order valence-corrected chi connectivity index (χ0v) is 22.8. The molecule has 7 heteroatoms. The van der Waals surface area contributed by atoms with Gasteiger partial charge < -0.3 is 14.6 Å². The van der Waals surface area contributed by atoms with Crippen LogP contribution in [0.15, 0.2) is 48.5 Å². The number of benzene rings is 3. The largest absolute Gasteiger partial charge is 0.497 e. The molecule has 3 aromatic carbocycles. The lowest BCUT2D eigenvalue weighted by molar-refractivity contribution is -0.137. The molecule has 1 N–H and O–H groups in total. The van der Waals surface area contributed by atoms with Crippen molar-refractivity contribution in [2.75, 3.05) is 7.11 Å². The van der Waals surface area contributed by atoms with Gasteiger partial charge in [-0.2, -0.15) is 0 Å². The molecule has 4 nitrogen and oxygen atoms in total. The van der Waals surface area contributed by atoms with Crippen LogP contribution >= 0.6 is 0 Å². The van der Waals surface area contributed by atoms with Gasteiger partial charge in [-0.15, -0.1) is 0 Å². The zero-order chi connectivity index (χ0) is 28.3. The molecule has 2 atom stereocenters. The van der Waals surface area contributed by atoms with Crippen LogP contribution in [0.5, 0.6) is 11.5 Å². The third kappa shape index (κ3) is 6.23. The van der Waals surface area contributed by atoms with Crippen LogP contribution in [0.1, 0.15) is 81.4 Å². The molecule has 0 amide bonds. The summed E-state index contributed by atoms with van der Waals surface area (Å²) in [6.07, 6.45) is 3.10. The third-order valence-electron chi connectivity index (χ3n) is 7.99. The van der Waals surface area contributed by atoms with Crippen molar-refractivity contribution in [3.05, 3.63) is 82.7 Å². The maximum Gasteiger partial charge on any atom is 0.303 e. The molecular weight excluding hydrogens is 505 g/mol. The van der Waals surface area contributed by atoms with Crippen LogP contribution in [0.2, 0.25) is 0 Å². The summed E-state index contributed by atoms with van der Waals surface area (Å²) in [4.78, 5) is 11.2. The number of carbonyl (C=O) groups is 1. The second kappa shape index (κ2) is 11.7. The minimum absolute atomic E-state index is 0.00640. The molecule has 0 bridgehead atoms. The predicted molar refractivity (Wildman–Crippen MR) is 145 cm³/mol. The van der Waals surface area contributed by atoms with Crippen LogP contribution < -0.4 is 9.47 Å². The molecule has 3 aromatic rings. The van der Waals surface area contributed by atoms with Crippen molar-refractivity contribution in [1.82, 2.24) is 0 Å². The lowest BCUT2D eigenvalue weighted by atomic mass is 9.75. The maximum atomic E-state index is 15.3. The maximum absolute atomic E-state index is 15.3. The fourth-order valence-electron chi connectivity index (χ4n) is 5.81. The number of halogens is 3. The SMILES string of the molecule is CC[C@H](CC(=O)O)c1cc(F)cc(OCc2ccc(-c3cc(OC)ccc3F)c([C@H]3CCCC3(C)C)c2)c1F. The van der Waals surface area contributed by atoms with Gasteiger partial charge in [-0.1, -0.05) is 45.4 Å². The average molecular weight is 541 g/mol. The Labute approximate surface area is 227 Å². The van der Waals surface area contributed by atoms with Gasteiger partial charge in [-0.3, -0.25) is 4.79 Å². The third-order valence-corrected chi connectivity index (χ3v) is 7.99. The Balaban J connectivity index is 1.70. The van der Waals surface area contributed by atoms with E-state index < -0.39 is 23.5 Å². The van der Waals surface area contributed by atoms with Crippen molar-refractivity contribution < 1.29 is 32.5 Å². The Morgan fingerprint density at radius 1 is 1.08 bits per heavy atom. The molecule has 1 aliphatic carbocycles. The van der Waals surface area contributed by atoms with Crippen LogP contribution in [-0.4, -0.2) is 18.2 Å². The fraction of sp³-hybridized carbons (Fsp3) is 0.406. The summed E-state index contributed by atoms with van der Waals surface area (Å²) in [6.45, 7) is 6.13. The van der Waals surface area contributed by atoms with Gasteiger partial charge in [0.25, 0.3) is 0 Å². The number of aliphatic carboxylic acids is 1. The van der Waals surface area contributed by atoms with E-state index in [1.165, 1.54) is 6.07 Å². The summed E-state index contributed by atoms with van der Waals surface area (Å²) in [5, 5.41) is 9.18. The summed E-state index contributed by atoms with van der Waals surface area (Å²) in [5.41, 5.74) is 2.94. The average Bonchev–Trinajstić information content (AvgIpc) is 3.26. The smallest absolute Gasteiger partial charge is 0.303 e. The Hall–Kier alpha value is -3.48. The van der Waals surface area contributed by atoms with Crippen LogP contribution in [-0.2, 0) is 11.4 Å². The minimum atomic E-state index is -1.08. The lowest BCUT2D eigenvalue weighted by Crippen LogP contribution is -2.17. The van der Waals surface area contributed by atoms with Gasteiger partial charge >= 0.3 is 5.97 Å². The second-order valence-electron chi connectivity index (χ2n) is 11.0. The van der Waals surface area contributed by atoms with Crippen LogP contribution in [0.4, 0.5) is 13.2 Å². The van der Waals surface area contributed by atoms with Gasteiger partial charge in [0.2, 0.25) is 0 Å². The molecule has 208 valence electrons. The van der Waals surface area contributed by atoms with E-state index in [1.807, 2.05) is 12.1 Å². The Kier molecular flexibility index (Phi) is 8.57. The molecule has 1 fully saturated rings. The summed E-state index contributed by atoms with van der Waals surface area (Å²) >= 11 is 0. The van der Waals surface area contributed by atoms with Crippen molar-refractivity contribution >= 4 is 5.97 Å². The number of ether oxygens (including phenoxy) is 2. The van der Waals surface area contributed by atoms with E-state index >= 15 is 8.78 Å². The highest BCUT2D eigenvalue weighted by molar-refractivity contribution is 5.71. The van der Waals surface area contributed by atoms with Gasteiger partial charge in [0, 0.05) is 11.6 Å². The number of hydrogen-bond acceptors (Lipinski definition) is 3. The number of rotatable bonds is 10. The first-order chi connectivity index (χ1) is 18.5. The molecule has 4 rings (SSSR count). The lowest BCUT2D eigenvalue weighted by Gasteiger charge is -2.30. The first kappa shape index (κ1) is 28.5. The quantitative estimate of drug-likeness (QED) is 0.280. The molecule has 39 heavy (non-hydrogen) atoms. The fourth-order valence-corrected chi connectivity index (χ4v) is 5.81. The van der Waals surface area contributed by atoms with E-state index in [0.29, 0.717) is 17.7 Å². The van der Waals surface area contributed by atoms with Crippen molar-refractivity contribution in [2.24, 2.45) is 5.41 Å². The highest BCUT2D eigenvalue weighted by atomic mass is 19.1. The van der Waals surface area contributed by atoms with E-state index in [9.17, 15) is 14.3 Å². The van der Waals surface area contributed by atoms with Crippen molar-refractivity contribution in [1.29, 1.82) is 0 Å². The Morgan fingerprint density at radius 3 is 2.49 bits per heavy atom. The van der Waals surface area contributed by atoms with Gasteiger partial charge in [0.05, 0.1) is 13.5 Å². The molecule has 0 spiro atoms. The van der Waals surface area contributed by atoms with E-state index in [4.69, 9.17) is 9.47 Å². The highest BCUT2D eigenvalue weighted by Gasteiger charge is 2.37. The van der Waals surface area contributed by atoms with Gasteiger partial charge in [-0.05, 0) is 83.0 Å². The summed E-state index contributed by atoms with van der Waals surface area (Å²) in [7, 11) is 1.54. The van der Waals surface area contributed by atoms with Crippen LogP contribution in [0, 0.1) is 22.9 Å². The Morgan fingerprint density at radius 2 is 1.85 bits per heavy atom. The monoisotopic (exact) mass is 540 g/mol. The van der Waals surface area contributed by atoms with Crippen molar-refractivity contribution in [3.63, 3.8) is 0 Å². The van der Waals surface area contributed by atoms with Gasteiger partial charge in [0.15, 0.2) is 11.6 Å². The van der Waals surface area contributed by atoms with Gasteiger partial charge in [0.1, 0.15) is 24.0 Å². The first-order valence-corrected chi connectivity index (χ1v) is 13.3. The molecule has 1 saturated carbocycles. The number of carboxylic acid groups (broad SMARTS) is 1. The van der Waals surface area contributed by atoms with Crippen LogP contribution in [0.3, 0.4) is 0 Å². The molecule has 0 heterocycles.